The normalized spacial score (nSPS) is 21.4. The molecule has 1 N–H and O–H groups in total. The van der Waals surface area contributed by atoms with Gasteiger partial charge in [0.25, 0.3) is 0 Å². The SMILES string of the molecule is CCCCC(C)CC1CC1CCC(C)CC(CCOC(=O)C(CC(=O)C(C)(C)C)NC(C)(C)C)C(C)C. The molecule has 37 heavy (non-hydrogen) atoms. The van der Waals surface area contributed by atoms with Crippen LogP contribution in [0.25, 0.3) is 0 Å². The number of esters is 1. The number of ether oxygens (including phenoxy) is 1. The Labute approximate surface area is 230 Å². The molecule has 1 aliphatic rings. The van der Waals surface area contributed by atoms with Gasteiger partial charge in [-0.2, -0.15) is 0 Å². The zero-order valence-corrected chi connectivity index (χ0v) is 26.5. The third kappa shape index (κ3) is 14.7. The van der Waals surface area contributed by atoms with Gasteiger partial charge in [0.15, 0.2) is 0 Å². The van der Waals surface area contributed by atoms with Crippen LogP contribution in [-0.4, -0.2) is 29.9 Å². The summed E-state index contributed by atoms with van der Waals surface area (Å²) in [5.41, 5.74) is -0.739. The Morgan fingerprint density at radius 2 is 1.57 bits per heavy atom. The van der Waals surface area contributed by atoms with E-state index in [4.69, 9.17) is 4.74 Å². The maximum atomic E-state index is 13.0. The monoisotopic (exact) mass is 521 g/mol. The van der Waals surface area contributed by atoms with Crippen LogP contribution in [0.1, 0.15) is 140 Å². The van der Waals surface area contributed by atoms with Gasteiger partial charge in [0, 0.05) is 17.4 Å². The quantitative estimate of drug-likeness (QED) is 0.183. The van der Waals surface area contributed by atoms with Gasteiger partial charge in [-0.05, 0) is 88.4 Å². The van der Waals surface area contributed by atoms with Crippen LogP contribution in [-0.2, 0) is 14.3 Å². The number of nitrogens with one attached hydrogen (secondary N) is 1. The first-order valence-corrected chi connectivity index (χ1v) is 15.5. The summed E-state index contributed by atoms with van der Waals surface area (Å²) >= 11 is 0. The van der Waals surface area contributed by atoms with Crippen molar-refractivity contribution in [3.8, 4) is 0 Å². The van der Waals surface area contributed by atoms with Gasteiger partial charge in [-0.15, -0.1) is 0 Å². The van der Waals surface area contributed by atoms with Crippen molar-refractivity contribution in [2.45, 2.75) is 152 Å². The fourth-order valence-electron chi connectivity index (χ4n) is 5.62. The van der Waals surface area contributed by atoms with E-state index in [2.05, 4.69) is 39.9 Å². The van der Waals surface area contributed by atoms with Gasteiger partial charge in [-0.1, -0.05) is 81.1 Å². The van der Waals surface area contributed by atoms with Gasteiger partial charge in [0.05, 0.1) is 6.61 Å². The fourth-order valence-corrected chi connectivity index (χ4v) is 5.62. The van der Waals surface area contributed by atoms with Crippen LogP contribution in [0.4, 0.5) is 0 Å². The lowest BCUT2D eigenvalue weighted by Crippen LogP contribution is -2.50. The van der Waals surface area contributed by atoms with Crippen molar-refractivity contribution >= 4 is 11.8 Å². The van der Waals surface area contributed by atoms with Crippen LogP contribution in [0.15, 0.2) is 0 Å². The van der Waals surface area contributed by atoms with E-state index in [1.165, 1.54) is 51.4 Å². The topological polar surface area (TPSA) is 55.4 Å². The van der Waals surface area contributed by atoms with Crippen LogP contribution < -0.4 is 5.32 Å². The number of Topliss-reactive ketones (excluding diaryl/α,β-unsaturated/α-hetero) is 1. The lowest BCUT2D eigenvalue weighted by molar-refractivity contribution is -0.149. The van der Waals surface area contributed by atoms with Crippen LogP contribution in [0.2, 0.25) is 0 Å². The highest BCUT2D eigenvalue weighted by atomic mass is 16.5. The molecule has 4 nitrogen and oxygen atoms in total. The van der Waals surface area contributed by atoms with Gasteiger partial charge in [-0.25, -0.2) is 0 Å². The molecule has 0 radical (unpaired) electrons. The molecule has 1 rings (SSSR count). The molecular weight excluding hydrogens is 458 g/mol. The summed E-state index contributed by atoms with van der Waals surface area (Å²) in [6, 6.07) is -0.598. The molecule has 0 amide bonds. The number of hydrogen-bond acceptors (Lipinski definition) is 4. The fraction of sp³-hybridized carbons (Fsp3) is 0.939. The lowest BCUT2D eigenvalue weighted by Gasteiger charge is -2.29. The number of ketones is 1. The Hall–Kier alpha value is -0.900. The van der Waals surface area contributed by atoms with E-state index in [0.29, 0.717) is 24.4 Å². The number of hydrogen-bond donors (Lipinski definition) is 1. The molecule has 0 heterocycles. The first-order valence-electron chi connectivity index (χ1n) is 15.5. The third-order valence-corrected chi connectivity index (χ3v) is 8.35. The predicted molar refractivity (Wildman–Crippen MR) is 158 cm³/mol. The zero-order chi connectivity index (χ0) is 28.4. The molecule has 6 atom stereocenters. The largest absolute Gasteiger partial charge is 0.465 e. The molecule has 0 aromatic heterocycles. The predicted octanol–water partition coefficient (Wildman–Crippen LogP) is 8.61. The van der Waals surface area contributed by atoms with Crippen molar-refractivity contribution in [3.63, 3.8) is 0 Å². The van der Waals surface area contributed by atoms with E-state index >= 15 is 0 Å². The summed E-state index contributed by atoms with van der Waals surface area (Å²) < 4.78 is 5.76. The average molecular weight is 522 g/mol. The summed E-state index contributed by atoms with van der Waals surface area (Å²) in [5, 5.41) is 3.31. The molecule has 1 saturated carbocycles. The highest BCUT2D eigenvalue weighted by molar-refractivity contribution is 5.89. The number of carbonyl (C=O) groups excluding carboxylic acids is 2. The maximum absolute atomic E-state index is 13.0. The number of rotatable bonds is 18. The Bertz CT molecular complexity index is 672. The molecule has 0 aromatic rings. The van der Waals surface area contributed by atoms with Gasteiger partial charge in [0.2, 0.25) is 0 Å². The van der Waals surface area contributed by atoms with Gasteiger partial charge in [-0.3, -0.25) is 14.9 Å². The second kappa shape index (κ2) is 15.6. The molecule has 0 saturated heterocycles. The molecule has 1 aliphatic carbocycles. The first-order chi connectivity index (χ1) is 17.0. The molecule has 0 bridgehead atoms. The van der Waals surface area contributed by atoms with Crippen molar-refractivity contribution in [1.29, 1.82) is 0 Å². The molecule has 6 unspecified atom stereocenters. The molecular formula is C33H63NO3. The van der Waals surface area contributed by atoms with Crippen molar-refractivity contribution < 1.29 is 14.3 Å². The molecule has 0 aromatic carbocycles. The van der Waals surface area contributed by atoms with E-state index in [1.54, 1.807) is 0 Å². The Morgan fingerprint density at radius 1 is 0.919 bits per heavy atom. The zero-order valence-electron chi connectivity index (χ0n) is 26.5. The minimum Gasteiger partial charge on any atom is -0.465 e. The Kier molecular flexibility index (Phi) is 14.4. The summed E-state index contributed by atoms with van der Waals surface area (Å²) in [6.45, 7) is 23.9. The smallest absolute Gasteiger partial charge is 0.323 e. The van der Waals surface area contributed by atoms with Crippen LogP contribution in [0.5, 0.6) is 0 Å². The first kappa shape index (κ1) is 34.1. The van der Waals surface area contributed by atoms with Crippen LogP contribution in [0.3, 0.4) is 0 Å². The van der Waals surface area contributed by atoms with E-state index in [1.807, 2.05) is 41.5 Å². The summed E-state index contributed by atoms with van der Waals surface area (Å²) in [4.78, 5) is 25.6. The van der Waals surface area contributed by atoms with E-state index in [0.717, 1.165) is 24.2 Å². The lowest BCUT2D eigenvalue weighted by atomic mass is 9.83. The maximum Gasteiger partial charge on any atom is 0.323 e. The second-order valence-corrected chi connectivity index (χ2v) is 14.9. The average Bonchev–Trinajstić information content (AvgIpc) is 3.50. The van der Waals surface area contributed by atoms with Crippen molar-refractivity contribution in [2.75, 3.05) is 6.61 Å². The van der Waals surface area contributed by atoms with Crippen molar-refractivity contribution in [3.05, 3.63) is 0 Å². The second-order valence-electron chi connectivity index (χ2n) is 14.9. The Morgan fingerprint density at radius 3 is 2.11 bits per heavy atom. The highest BCUT2D eigenvalue weighted by Crippen LogP contribution is 2.47. The summed E-state index contributed by atoms with van der Waals surface area (Å²) in [7, 11) is 0. The number of unbranched alkanes of at least 4 members (excludes halogenated alkanes) is 1. The molecule has 1 fully saturated rings. The van der Waals surface area contributed by atoms with E-state index in [9.17, 15) is 9.59 Å². The molecule has 218 valence electrons. The standard InChI is InChI=1S/C33H63NO3/c1-12-13-14-24(4)20-28-21-27(28)16-15-25(5)19-26(23(2)3)17-18-37-31(36)29(34-33(9,10)11)22-30(35)32(6,7)8/h23-29,34H,12-22H2,1-11H3. The highest BCUT2D eigenvalue weighted by Gasteiger charge is 2.37. The minimum absolute atomic E-state index is 0.0772. The van der Waals surface area contributed by atoms with Crippen molar-refractivity contribution in [2.24, 2.45) is 40.9 Å². The molecule has 0 aliphatic heterocycles. The number of carbonyl (C=O) groups is 2. The third-order valence-electron chi connectivity index (χ3n) is 8.35. The Balaban J connectivity index is 2.48. The van der Waals surface area contributed by atoms with Gasteiger partial charge in [0.1, 0.15) is 11.8 Å². The summed E-state index contributed by atoms with van der Waals surface area (Å²) in [5.74, 6) is 4.46. The molecule has 0 spiro atoms. The van der Waals surface area contributed by atoms with Crippen LogP contribution in [0, 0.1) is 40.9 Å². The summed E-state index contributed by atoms with van der Waals surface area (Å²) in [6.07, 6.45) is 12.0. The van der Waals surface area contributed by atoms with Crippen molar-refractivity contribution in [1.82, 2.24) is 5.32 Å². The van der Waals surface area contributed by atoms with Crippen LogP contribution >= 0.6 is 0 Å². The van der Waals surface area contributed by atoms with E-state index < -0.39 is 11.5 Å². The minimum atomic E-state index is -0.598. The van der Waals surface area contributed by atoms with E-state index in [-0.39, 0.29) is 23.7 Å². The van der Waals surface area contributed by atoms with Gasteiger partial charge >= 0.3 is 5.97 Å². The molecule has 4 heteroatoms. The van der Waals surface area contributed by atoms with Gasteiger partial charge < -0.3 is 4.74 Å².